The first-order chi connectivity index (χ1) is 9.48. The predicted molar refractivity (Wildman–Crippen MR) is 95.6 cm³/mol. The Morgan fingerprint density at radius 1 is 0.636 bits per heavy atom. The van der Waals surface area contributed by atoms with E-state index in [-0.39, 0.29) is 11.4 Å². The van der Waals surface area contributed by atoms with Gasteiger partial charge in [0, 0.05) is 6.92 Å². The molecule has 0 heterocycles. The zero-order chi connectivity index (χ0) is 18.0. The second kappa shape index (κ2) is 7.19. The van der Waals surface area contributed by atoms with Crippen LogP contribution in [-0.4, -0.2) is 45.4 Å². The molecule has 22 heavy (non-hydrogen) atoms. The summed E-state index contributed by atoms with van der Waals surface area (Å²) in [7, 11) is -10.1. The molecule has 10 heteroatoms. The summed E-state index contributed by atoms with van der Waals surface area (Å²) in [4.78, 5) is 22.8. The van der Waals surface area contributed by atoms with Crippen LogP contribution in [0, 0.1) is 0 Å². The molecule has 0 aliphatic heterocycles. The van der Waals surface area contributed by atoms with Crippen LogP contribution in [0.1, 0.15) is 13.8 Å². The standard InChI is InChI=1S/C12H30O6Si4/c1-11(13)15-20(5,6)17-22(9,10)18-21(7,8)16-19(3,4)12(2)14/h1-10H3. The van der Waals surface area contributed by atoms with Crippen LogP contribution >= 0.6 is 0 Å². The molecule has 0 aromatic rings. The first-order valence-corrected chi connectivity index (χ1v) is 18.6. The quantitative estimate of drug-likeness (QED) is 0.601. The van der Waals surface area contributed by atoms with Crippen molar-refractivity contribution in [1.29, 1.82) is 0 Å². The van der Waals surface area contributed by atoms with Crippen molar-refractivity contribution < 1.29 is 26.4 Å². The van der Waals surface area contributed by atoms with E-state index in [1.54, 1.807) is 6.92 Å². The third-order valence-electron chi connectivity index (χ3n) is 2.72. The molecular weight excluding hydrogens is 352 g/mol. The lowest BCUT2D eigenvalue weighted by Gasteiger charge is -2.39. The molecule has 6 nitrogen and oxygen atoms in total. The molecule has 0 rings (SSSR count). The molecule has 0 bridgehead atoms. The van der Waals surface area contributed by atoms with Crippen molar-refractivity contribution in [3.8, 4) is 0 Å². The van der Waals surface area contributed by atoms with Gasteiger partial charge in [0.2, 0.25) is 8.32 Å². The Morgan fingerprint density at radius 3 is 1.36 bits per heavy atom. The Morgan fingerprint density at radius 2 is 1.00 bits per heavy atom. The topological polar surface area (TPSA) is 71.1 Å². The Hall–Kier alpha value is -0.112. The second-order valence-electron chi connectivity index (χ2n) is 7.17. The maximum Gasteiger partial charge on any atom is 0.386 e. The van der Waals surface area contributed by atoms with Gasteiger partial charge in [0.05, 0.1) is 0 Å². The third-order valence-corrected chi connectivity index (χ3v) is 17.1. The van der Waals surface area contributed by atoms with Gasteiger partial charge in [-0.3, -0.25) is 4.79 Å². The van der Waals surface area contributed by atoms with E-state index in [0.29, 0.717) is 0 Å². The zero-order valence-corrected chi connectivity index (χ0v) is 19.4. The highest BCUT2D eigenvalue weighted by molar-refractivity contribution is 7.03. The molecule has 0 aliphatic carbocycles. The van der Waals surface area contributed by atoms with Crippen LogP contribution in [-0.2, 0) is 26.4 Å². The van der Waals surface area contributed by atoms with E-state index in [9.17, 15) is 9.59 Å². The third kappa shape index (κ3) is 8.50. The number of rotatable bonds is 8. The van der Waals surface area contributed by atoms with E-state index in [2.05, 4.69) is 0 Å². The lowest BCUT2D eigenvalue weighted by atomic mass is 10.9. The molecule has 0 aromatic carbocycles. The smallest absolute Gasteiger partial charge is 0.386 e. The number of carbonyl (C=O) groups is 2. The zero-order valence-electron chi connectivity index (χ0n) is 15.4. The van der Waals surface area contributed by atoms with Gasteiger partial charge in [-0.2, -0.15) is 0 Å². The van der Waals surface area contributed by atoms with E-state index in [1.807, 2.05) is 52.4 Å². The summed E-state index contributed by atoms with van der Waals surface area (Å²) in [5, 5.41) is 0.0895. The molecule has 0 aliphatic rings. The molecule has 0 saturated carbocycles. The Kier molecular flexibility index (Phi) is 7.16. The van der Waals surface area contributed by atoms with Crippen molar-refractivity contribution in [2.24, 2.45) is 0 Å². The van der Waals surface area contributed by atoms with Gasteiger partial charge in [-0.25, -0.2) is 0 Å². The minimum absolute atomic E-state index is 0.0895. The average Bonchev–Trinajstić information content (AvgIpc) is 2.06. The van der Waals surface area contributed by atoms with Crippen LogP contribution in [0.3, 0.4) is 0 Å². The Bertz CT molecular complexity index is 433. The van der Waals surface area contributed by atoms with Crippen LogP contribution < -0.4 is 0 Å². The molecule has 0 fully saturated rings. The van der Waals surface area contributed by atoms with Crippen molar-refractivity contribution >= 4 is 45.4 Å². The molecule has 130 valence electrons. The molecule has 0 aromatic heterocycles. The predicted octanol–water partition coefficient (Wildman–Crippen LogP) is 3.04. The fourth-order valence-electron chi connectivity index (χ4n) is 2.28. The summed E-state index contributed by atoms with van der Waals surface area (Å²) < 4.78 is 23.6. The van der Waals surface area contributed by atoms with Crippen LogP contribution in [0.2, 0.25) is 52.4 Å². The first-order valence-electron chi connectivity index (χ1n) is 7.29. The van der Waals surface area contributed by atoms with Gasteiger partial charge in [-0.05, 0) is 59.3 Å². The summed E-state index contributed by atoms with van der Waals surface area (Å²) in [6.07, 6.45) is 0. The summed E-state index contributed by atoms with van der Waals surface area (Å²) in [5.41, 5.74) is 0. The molecular formula is C12H30O6Si4. The maximum absolute atomic E-state index is 11.7. The molecule has 0 radical (unpaired) electrons. The molecule has 0 amide bonds. The summed E-state index contributed by atoms with van der Waals surface area (Å²) in [6, 6.07) is 0. The number of carbonyl (C=O) groups excluding carboxylic acids is 2. The van der Waals surface area contributed by atoms with Crippen LogP contribution in [0.5, 0.6) is 0 Å². The average molecular weight is 383 g/mol. The maximum atomic E-state index is 11.7. The normalized spacial score (nSPS) is 13.9. The van der Waals surface area contributed by atoms with E-state index in [4.69, 9.17) is 16.8 Å². The van der Waals surface area contributed by atoms with E-state index < -0.39 is 34.0 Å². The van der Waals surface area contributed by atoms with Gasteiger partial charge in [-0.15, -0.1) is 0 Å². The van der Waals surface area contributed by atoms with Crippen LogP contribution in [0.25, 0.3) is 0 Å². The molecule has 0 spiro atoms. The Labute approximate surface area is 138 Å². The van der Waals surface area contributed by atoms with Crippen LogP contribution in [0.15, 0.2) is 0 Å². The van der Waals surface area contributed by atoms with Gasteiger partial charge in [0.15, 0.2) is 0 Å². The highest BCUT2D eigenvalue weighted by Gasteiger charge is 2.46. The van der Waals surface area contributed by atoms with Gasteiger partial charge < -0.3 is 21.6 Å². The number of hydrogen-bond donors (Lipinski definition) is 0. The summed E-state index contributed by atoms with van der Waals surface area (Å²) in [6.45, 7) is 18.0. The first kappa shape index (κ1) is 21.9. The lowest BCUT2D eigenvalue weighted by Crippen LogP contribution is -2.58. The molecule has 0 unspecified atom stereocenters. The van der Waals surface area contributed by atoms with Crippen molar-refractivity contribution in [2.75, 3.05) is 0 Å². The minimum Gasteiger partial charge on any atom is -0.495 e. The fraction of sp³-hybridized carbons (Fsp3) is 0.833. The monoisotopic (exact) mass is 382 g/mol. The minimum atomic E-state index is -2.58. The van der Waals surface area contributed by atoms with Gasteiger partial charge in [0.1, 0.15) is 5.41 Å². The highest BCUT2D eigenvalue weighted by atomic mass is 28.5. The van der Waals surface area contributed by atoms with Gasteiger partial charge in [-0.1, -0.05) is 0 Å². The van der Waals surface area contributed by atoms with Crippen molar-refractivity contribution in [3.63, 3.8) is 0 Å². The number of hydrogen-bond acceptors (Lipinski definition) is 6. The van der Waals surface area contributed by atoms with Crippen molar-refractivity contribution in [3.05, 3.63) is 0 Å². The van der Waals surface area contributed by atoms with E-state index >= 15 is 0 Å². The second-order valence-corrected chi connectivity index (χ2v) is 21.9. The van der Waals surface area contributed by atoms with Gasteiger partial charge in [0.25, 0.3) is 5.97 Å². The van der Waals surface area contributed by atoms with Crippen molar-refractivity contribution in [1.82, 2.24) is 0 Å². The van der Waals surface area contributed by atoms with Gasteiger partial charge >= 0.3 is 25.7 Å². The molecule has 0 N–H and O–H groups in total. The van der Waals surface area contributed by atoms with E-state index in [1.165, 1.54) is 6.92 Å². The molecule has 0 atom stereocenters. The summed E-state index contributed by atoms with van der Waals surface area (Å²) in [5.74, 6) is -0.348. The SMILES string of the molecule is CC(=O)O[Si](C)(C)O[Si](C)(C)O[Si](C)(C)O[Si](C)(C)C(C)=O. The lowest BCUT2D eigenvalue weighted by molar-refractivity contribution is -0.133. The molecule has 0 saturated heterocycles. The fourth-order valence-corrected chi connectivity index (χ4v) is 19.2. The Balaban J connectivity index is 4.95. The highest BCUT2D eigenvalue weighted by Crippen LogP contribution is 2.24. The van der Waals surface area contributed by atoms with E-state index in [0.717, 1.165) is 0 Å². The largest absolute Gasteiger partial charge is 0.495 e. The van der Waals surface area contributed by atoms with Crippen molar-refractivity contribution in [2.45, 2.75) is 66.2 Å². The van der Waals surface area contributed by atoms with Crippen LogP contribution in [0.4, 0.5) is 0 Å². The summed E-state index contributed by atoms with van der Waals surface area (Å²) >= 11 is 0.